The largest absolute Gasteiger partial charge is 0.496 e. The molecule has 2 unspecified atom stereocenters. The molecular formula is C22H18O3. The van der Waals surface area contributed by atoms with Gasteiger partial charge in [-0.15, -0.1) is 0 Å². The van der Waals surface area contributed by atoms with Gasteiger partial charge in [-0.3, -0.25) is 0 Å². The Morgan fingerprint density at radius 2 is 1.20 bits per heavy atom. The maximum absolute atomic E-state index is 6.20. The predicted molar refractivity (Wildman–Crippen MR) is 99.5 cm³/mol. The van der Waals surface area contributed by atoms with E-state index in [-0.39, 0.29) is 12.2 Å². The fourth-order valence-electron chi connectivity index (χ4n) is 4.11. The van der Waals surface area contributed by atoms with E-state index < -0.39 is 0 Å². The van der Waals surface area contributed by atoms with Crippen molar-refractivity contribution in [2.75, 3.05) is 14.2 Å². The van der Waals surface area contributed by atoms with Gasteiger partial charge in [0.2, 0.25) is 0 Å². The zero-order valence-electron chi connectivity index (χ0n) is 14.2. The number of hydrogen-bond acceptors (Lipinski definition) is 3. The average molecular weight is 330 g/mol. The van der Waals surface area contributed by atoms with Crippen molar-refractivity contribution in [1.82, 2.24) is 0 Å². The number of ether oxygens (including phenoxy) is 3. The highest BCUT2D eigenvalue weighted by Crippen LogP contribution is 2.50. The normalized spacial score (nSPS) is 22.2. The highest BCUT2D eigenvalue weighted by Gasteiger charge is 2.39. The van der Waals surface area contributed by atoms with Crippen LogP contribution in [0.3, 0.4) is 0 Å². The summed E-state index contributed by atoms with van der Waals surface area (Å²) in [6.45, 7) is 0. The third-order valence-electron chi connectivity index (χ3n) is 5.18. The van der Waals surface area contributed by atoms with Crippen molar-refractivity contribution in [3.63, 3.8) is 0 Å². The topological polar surface area (TPSA) is 27.7 Å². The maximum Gasteiger partial charge on any atom is 0.126 e. The third kappa shape index (κ3) is 1.96. The van der Waals surface area contributed by atoms with E-state index in [0.29, 0.717) is 0 Å². The maximum atomic E-state index is 6.20. The van der Waals surface area contributed by atoms with Gasteiger partial charge in [-0.1, -0.05) is 36.4 Å². The highest BCUT2D eigenvalue weighted by atomic mass is 16.5. The summed E-state index contributed by atoms with van der Waals surface area (Å²) in [6.07, 6.45) is 8.53. The van der Waals surface area contributed by atoms with E-state index in [1.54, 1.807) is 14.2 Å². The zero-order chi connectivity index (χ0) is 17.0. The van der Waals surface area contributed by atoms with Gasteiger partial charge in [-0.25, -0.2) is 0 Å². The second-order valence-electron chi connectivity index (χ2n) is 6.37. The van der Waals surface area contributed by atoms with Crippen molar-refractivity contribution >= 4 is 23.3 Å². The Kier molecular flexibility index (Phi) is 3.12. The number of fused-ring (bicyclic) bond motifs is 8. The molecule has 0 saturated heterocycles. The summed E-state index contributed by atoms with van der Waals surface area (Å²) in [6, 6.07) is 12.4. The van der Waals surface area contributed by atoms with Crippen molar-refractivity contribution in [1.29, 1.82) is 0 Å². The van der Waals surface area contributed by atoms with Crippen molar-refractivity contribution in [3.05, 3.63) is 70.8 Å². The summed E-state index contributed by atoms with van der Waals surface area (Å²) in [5.74, 6) is 1.73. The Labute approximate surface area is 146 Å². The summed E-state index contributed by atoms with van der Waals surface area (Å²) in [5.41, 5.74) is 6.99. The van der Waals surface area contributed by atoms with E-state index >= 15 is 0 Å². The summed E-state index contributed by atoms with van der Waals surface area (Å²) < 4.78 is 17.4. The Balaban J connectivity index is 1.87. The molecule has 3 nitrogen and oxygen atoms in total. The Morgan fingerprint density at radius 3 is 1.64 bits per heavy atom. The minimum Gasteiger partial charge on any atom is -0.496 e. The smallest absolute Gasteiger partial charge is 0.126 e. The van der Waals surface area contributed by atoms with Crippen LogP contribution in [0.25, 0.3) is 23.3 Å². The first-order valence-corrected chi connectivity index (χ1v) is 8.42. The molecule has 1 aliphatic carbocycles. The van der Waals surface area contributed by atoms with Crippen molar-refractivity contribution < 1.29 is 14.2 Å². The number of methoxy groups -OCH3 is 2. The SMILES string of the molecule is COc1cccc2c1C=Cc1c(OC)cccc1C1=C2C2C=CC1O2. The van der Waals surface area contributed by atoms with Crippen LogP contribution in [0.15, 0.2) is 48.6 Å². The van der Waals surface area contributed by atoms with Crippen LogP contribution in [0.2, 0.25) is 0 Å². The van der Waals surface area contributed by atoms with Crippen molar-refractivity contribution in [2.45, 2.75) is 12.2 Å². The fourth-order valence-corrected chi connectivity index (χ4v) is 4.11. The Bertz CT molecular complexity index is 890. The van der Waals surface area contributed by atoms with E-state index in [0.717, 1.165) is 22.6 Å². The zero-order valence-corrected chi connectivity index (χ0v) is 14.2. The molecule has 0 fully saturated rings. The molecule has 0 spiro atoms. The summed E-state index contributed by atoms with van der Waals surface area (Å²) in [5, 5.41) is 0. The molecule has 25 heavy (non-hydrogen) atoms. The lowest BCUT2D eigenvalue weighted by atomic mass is 9.82. The first-order valence-electron chi connectivity index (χ1n) is 8.42. The Hall–Kier alpha value is -2.78. The molecule has 2 atom stereocenters. The van der Waals surface area contributed by atoms with Crippen molar-refractivity contribution in [2.24, 2.45) is 0 Å². The van der Waals surface area contributed by atoms with Gasteiger partial charge in [0.1, 0.15) is 23.7 Å². The summed E-state index contributed by atoms with van der Waals surface area (Å²) in [4.78, 5) is 0. The molecule has 5 rings (SSSR count). The van der Waals surface area contributed by atoms with Gasteiger partial charge >= 0.3 is 0 Å². The minimum absolute atomic E-state index is 0.00333. The molecule has 0 N–H and O–H groups in total. The van der Waals surface area contributed by atoms with E-state index in [4.69, 9.17) is 14.2 Å². The van der Waals surface area contributed by atoms with Crippen molar-refractivity contribution in [3.8, 4) is 11.5 Å². The molecule has 2 aromatic carbocycles. The van der Waals surface area contributed by atoms with Gasteiger partial charge in [0.25, 0.3) is 0 Å². The monoisotopic (exact) mass is 330 g/mol. The molecule has 3 heteroatoms. The molecule has 2 aromatic rings. The van der Waals surface area contributed by atoms with Crippen LogP contribution >= 0.6 is 0 Å². The molecule has 124 valence electrons. The quantitative estimate of drug-likeness (QED) is 0.762. The molecule has 2 aliphatic heterocycles. The molecule has 0 amide bonds. The van der Waals surface area contributed by atoms with Gasteiger partial charge in [0.05, 0.1) is 14.2 Å². The van der Waals surface area contributed by atoms with Crippen LogP contribution in [0.5, 0.6) is 11.5 Å². The molecular weight excluding hydrogens is 312 g/mol. The lowest BCUT2D eigenvalue weighted by Crippen LogP contribution is -2.08. The van der Waals surface area contributed by atoms with Gasteiger partial charge in [0, 0.05) is 11.1 Å². The molecule has 2 bridgehead atoms. The highest BCUT2D eigenvalue weighted by molar-refractivity contribution is 6.05. The van der Waals surface area contributed by atoms with Crippen LogP contribution in [0.1, 0.15) is 22.3 Å². The second-order valence-corrected chi connectivity index (χ2v) is 6.37. The lowest BCUT2D eigenvalue weighted by molar-refractivity contribution is 0.143. The van der Waals surface area contributed by atoms with Crippen LogP contribution in [0.4, 0.5) is 0 Å². The number of hydrogen-bond donors (Lipinski definition) is 0. The molecule has 0 aromatic heterocycles. The lowest BCUT2D eigenvalue weighted by Gasteiger charge is -2.22. The standard InChI is InChI=1S/C22H18O3/c1-23-17-7-3-5-15-13(17)9-10-14-16(6-4-8-18(14)24-2)22-20-12-11-19(25-20)21(15)22/h3-12,19-20H,1-2H3. The van der Waals surface area contributed by atoms with Gasteiger partial charge in [-0.2, -0.15) is 0 Å². The van der Waals surface area contributed by atoms with E-state index in [1.807, 2.05) is 24.3 Å². The Morgan fingerprint density at radius 1 is 0.720 bits per heavy atom. The van der Waals surface area contributed by atoms with E-state index in [2.05, 4.69) is 36.4 Å². The first-order chi connectivity index (χ1) is 12.3. The third-order valence-corrected chi connectivity index (χ3v) is 5.18. The minimum atomic E-state index is -0.00333. The second kappa shape index (κ2) is 5.36. The van der Waals surface area contributed by atoms with Gasteiger partial charge in [-0.05, 0) is 46.6 Å². The summed E-state index contributed by atoms with van der Waals surface area (Å²) >= 11 is 0. The molecule has 2 heterocycles. The average Bonchev–Trinajstić information content (AvgIpc) is 3.25. The first kappa shape index (κ1) is 14.6. The van der Waals surface area contributed by atoms with Gasteiger partial charge in [0.15, 0.2) is 0 Å². The number of benzene rings is 2. The van der Waals surface area contributed by atoms with Crippen LogP contribution < -0.4 is 9.47 Å². The van der Waals surface area contributed by atoms with E-state index in [1.165, 1.54) is 22.3 Å². The van der Waals surface area contributed by atoms with Gasteiger partial charge < -0.3 is 14.2 Å². The number of rotatable bonds is 2. The fraction of sp³-hybridized carbons (Fsp3) is 0.182. The van der Waals surface area contributed by atoms with Crippen LogP contribution in [0, 0.1) is 0 Å². The van der Waals surface area contributed by atoms with E-state index in [9.17, 15) is 0 Å². The van der Waals surface area contributed by atoms with Crippen LogP contribution in [-0.2, 0) is 4.74 Å². The predicted octanol–water partition coefficient (Wildman–Crippen LogP) is 4.44. The molecule has 3 aliphatic rings. The molecule has 0 radical (unpaired) electrons. The van der Waals surface area contributed by atoms with Crippen LogP contribution in [-0.4, -0.2) is 26.4 Å². The summed E-state index contributed by atoms with van der Waals surface area (Å²) in [7, 11) is 3.42. The molecule has 0 saturated carbocycles.